The first-order chi connectivity index (χ1) is 9.90. The van der Waals surface area contributed by atoms with Gasteiger partial charge in [0.1, 0.15) is 0 Å². The first-order valence-electron chi connectivity index (χ1n) is 7.47. The summed E-state index contributed by atoms with van der Waals surface area (Å²) in [6.45, 7) is 6.33. The lowest BCUT2D eigenvalue weighted by Gasteiger charge is -2.31. The van der Waals surface area contributed by atoms with E-state index < -0.39 is 0 Å². The van der Waals surface area contributed by atoms with Crippen molar-refractivity contribution >= 4 is 17.5 Å². The van der Waals surface area contributed by atoms with E-state index >= 15 is 0 Å². The van der Waals surface area contributed by atoms with Gasteiger partial charge in [0.15, 0.2) is 0 Å². The van der Waals surface area contributed by atoms with Crippen molar-refractivity contribution in [2.24, 2.45) is 0 Å². The van der Waals surface area contributed by atoms with Gasteiger partial charge in [-0.05, 0) is 33.6 Å². The number of hydrogen-bond donors (Lipinski definition) is 1. The Morgan fingerprint density at radius 2 is 1.81 bits per heavy atom. The molecule has 1 aliphatic heterocycles. The maximum absolute atomic E-state index is 12.4. The quantitative estimate of drug-likeness (QED) is 0.915. The van der Waals surface area contributed by atoms with E-state index in [2.05, 4.69) is 34.0 Å². The molecule has 0 spiro atoms. The van der Waals surface area contributed by atoms with Crippen LogP contribution in [0, 0.1) is 0 Å². The second-order valence-corrected chi connectivity index (χ2v) is 6.05. The summed E-state index contributed by atoms with van der Waals surface area (Å²) in [4.78, 5) is 24.9. The molecule has 1 aromatic rings. The van der Waals surface area contributed by atoms with Crippen LogP contribution in [-0.4, -0.2) is 53.0 Å². The largest absolute Gasteiger partial charge is 0.347 e. The van der Waals surface area contributed by atoms with Gasteiger partial charge < -0.3 is 10.2 Å². The monoisotopic (exact) mass is 291 g/mol. The van der Waals surface area contributed by atoms with Crippen molar-refractivity contribution in [1.82, 2.24) is 14.9 Å². The second kappa shape index (κ2) is 6.39. The highest BCUT2D eigenvalue weighted by Crippen LogP contribution is 2.26. The highest BCUT2D eigenvalue weighted by molar-refractivity contribution is 5.94. The van der Waals surface area contributed by atoms with E-state index in [1.54, 1.807) is 12.4 Å². The number of likely N-dealkylation sites (tertiary alicyclic amines) is 1. The first kappa shape index (κ1) is 15.7. The third-order valence-corrected chi connectivity index (χ3v) is 4.15. The molecule has 116 valence electrons. The van der Waals surface area contributed by atoms with Gasteiger partial charge in [-0.1, -0.05) is 0 Å². The zero-order chi connectivity index (χ0) is 15.6. The fraction of sp³-hybridized carbons (Fsp3) is 0.667. The van der Waals surface area contributed by atoms with Crippen LogP contribution in [0.1, 0.15) is 33.6 Å². The SMILES string of the molecule is C[C@@H]1CC[C@H](C)N1[C@@H](C)C(=O)Nc1cnc(N(C)C)nc1. The average Bonchev–Trinajstić information content (AvgIpc) is 2.78. The molecular formula is C15H25N5O. The highest BCUT2D eigenvalue weighted by Gasteiger charge is 2.34. The second-order valence-electron chi connectivity index (χ2n) is 6.05. The van der Waals surface area contributed by atoms with Crippen molar-refractivity contribution in [3.8, 4) is 0 Å². The summed E-state index contributed by atoms with van der Waals surface area (Å²) in [5.74, 6) is 0.625. The maximum Gasteiger partial charge on any atom is 0.241 e. The minimum absolute atomic E-state index is 0.00296. The van der Waals surface area contributed by atoms with Gasteiger partial charge in [-0.3, -0.25) is 9.69 Å². The summed E-state index contributed by atoms with van der Waals surface area (Å²) in [5.41, 5.74) is 0.636. The fourth-order valence-electron chi connectivity index (χ4n) is 2.98. The van der Waals surface area contributed by atoms with Crippen LogP contribution in [0.15, 0.2) is 12.4 Å². The fourth-order valence-corrected chi connectivity index (χ4v) is 2.98. The van der Waals surface area contributed by atoms with Crippen molar-refractivity contribution in [3.05, 3.63) is 12.4 Å². The molecule has 0 saturated carbocycles. The van der Waals surface area contributed by atoms with Gasteiger partial charge in [-0.2, -0.15) is 0 Å². The van der Waals surface area contributed by atoms with E-state index in [1.165, 1.54) is 0 Å². The summed E-state index contributed by atoms with van der Waals surface area (Å²) < 4.78 is 0. The highest BCUT2D eigenvalue weighted by atomic mass is 16.2. The normalized spacial score (nSPS) is 23.9. The molecule has 1 N–H and O–H groups in total. The van der Waals surface area contributed by atoms with Crippen molar-refractivity contribution < 1.29 is 4.79 Å². The third kappa shape index (κ3) is 3.50. The number of aromatic nitrogens is 2. The average molecular weight is 291 g/mol. The Morgan fingerprint density at radius 3 is 2.29 bits per heavy atom. The number of hydrogen-bond acceptors (Lipinski definition) is 5. The summed E-state index contributed by atoms with van der Waals surface area (Å²) >= 11 is 0. The number of anilines is 2. The van der Waals surface area contributed by atoms with E-state index in [9.17, 15) is 4.79 Å². The number of nitrogens with zero attached hydrogens (tertiary/aromatic N) is 4. The van der Waals surface area contributed by atoms with Gasteiger partial charge in [-0.25, -0.2) is 9.97 Å². The predicted octanol–water partition coefficient (Wildman–Crippen LogP) is 1.74. The molecule has 0 radical (unpaired) electrons. The van der Waals surface area contributed by atoms with Crippen LogP contribution in [0.3, 0.4) is 0 Å². The van der Waals surface area contributed by atoms with Crippen molar-refractivity contribution in [2.75, 3.05) is 24.3 Å². The molecule has 6 nitrogen and oxygen atoms in total. The summed E-state index contributed by atoms with van der Waals surface area (Å²) in [7, 11) is 3.76. The predicted molar refractivity (Wildman–Crippen MR) is 84.4 cm³/mol. The van der Waals surface area contributed by atoms with Gasteiger partial charge in [0, 0.05) is 26.2 Å². The van der Waals surface area contributed by atoms with Crippen LogP contribution in [0.2, 0.25) is 0 Å². The molecule has 1 saturated heterocycles. The minimum atomic E-state index is -0.147. The molecule has 6 heteroatoms. The molecule has 1 aliphatic rings. The zero-order valence-corrected chi connectivity index (χ0v) is 13.5. The van der Waals surface area contributed by atoms with E-state index in [1.807, 2.05) is 25.9 Å². The molecular weight excluding hydrogens is 266 g/mol. The molecule has 0 aliphatic carbocycles. The summed E-state index contributed by atoms with van der Waals surface area (Å²) in [5, 5.41) is 2.90. The molecule has 2 heterocycles. The third-order valence-electron chi connectivity index (χ3n) is 4.15. The van der Waals surface area contributed by atoms with Gasteiger partial charge in [0.05, 0.1) is 24.1 Å². The summed E-state index contributed by atoms with van der Waals surface area (Å²) in [6, 6.07) is 0.757. The zero-order valence-electron chi connectivity index (χ0n) is 13.5. The Bertz CT molecular complexity index is 477. The molecule has 1 fully saturated rings. The molecule has 0 aromatic carbocycles. The lowest BCUT2D eigenvalue weighted by molar-refractivity contribution is -0.121. The van der Waals surface area contributed by atoms with E-state index in [4.69, 9.17) is 0 Å². The number of amides is 1. The van der Waals surface area contributed by atoms with Gasteiger partial charge >= 0.3 is 0 Å². The van der Waals surface area contributed by atoms with E-state index in [-0.39, 0.29) is 11.9 Å². The molecule has 3 atom stereocenters. The first-order valence-corrected chi connectivity index (χ1v) is 7.47. The van der Waals surface area contributed by atoms with Crippen LogP contribution in [0.25, 0.3) is 0 Å². The van der Waals surface area contributed by atoms with Crippen LogP contribution in [0.5, 0.6) is 0 Å². The minimum Gasteiger partial charge on any atom is -0.347 e. The van der Waals surface area contributed by atoms with Crippen LogP contribution in [-0.2, 0) is 4.79 Å². The topological polar surface area (TPSA) is 61.4 Å². The lowest BCUT2D eigenvalue weighted by atomic mass is 10.2. The Kier molecular flexibility index (Phi) is 4.77. The molecule has 0 bridgehead atoms. The lowest BCUT2D eigenvalue weighted by Crippen LogP contribution is -2.46. The van der Waals surface area contributed by atoms with Crippen LogP contribution in [0.4, 0.5) is 11.6 Å². The van der Waals surface area contributed by atoms with Gasteiger partial charge in [0.25, 0.3) is 0 Å². The Morgan fingerprint density at radius 1 is 1.29 bits per heavy atom. The smallest absolute Gasteiger partial charge is 0.241 e. The number of nitrogens with one attached hydrogen (secondary N) is 1. The number of rotatable bonds is 4. The van der Waals surface area contributed by atoms with E-state index in [0.717, 1.165) is 12.8 Å². The molecule has 1 aromatic heterocycles. The van der Waals surface area contributed by atoms with Gasteiger partial charge in [-0.15, -0.1) is 0 Å². The van der Waals surface area contributed by atoms with Crippen molar-refractivity contribution in [1.29, 1.82) is 0 Å². The maximum atomic E-state index is 12.4. The van der Waals surface area contributed by atoms with E-state index in [0.29, 0.717) is 23.7 Å². The van der Waals surface area contributed by atoms with Crippen LogP contribution >= 0.6 is 0 Å². The number of carbonyl (C=O) groups is 1. The Balaban J connectivity index is 2.00. The molecule has 21 heavy (non-hydrogen) atoms. The van der Waals surface area contributed by atoms with Gasteiger partial charge in [0.2, 0.25) is 11.9 Å². The van der Waals surface area contributed by atoms with Crippen molar-refractivity contribution in [2.45, 2.75) is 51.7 Å². The molecule has 0 unspecified atom stereocenters. The Hall–Kier alpha value is -1.69. The van der Waals surface area contributed by atoms with Crippen LogP contribution < -0.4 is 10.2 Å². The van der Waals surface area contributed by atoms with Crippen molar-refractivity contribution in [3.63, 3.8) is 0 Å². The summed E-state index contributed by atoms with van der Waals surface area (Å²) in [6.07, 6.45) is 5.59. The number of carbonyl (C=O) groups excluding carboxylic acids is 1. The Labute approximate surface area is 126 Å². The molecule has 1 amide bonds. The molecule has 2 rings (SSSR count). The standard InChI is InChI=1S/C15H25N5O/c1-10-6-7-11(2)20(10)12(3)14(21)18-13-8-16-15(17-9-13)19(4)5/h8-12H,6-7H2,1-5H3,(H,18,21)/t10-,11+,12-/m0/s1.